The molecule has 0 aliphatic carbocycles. The second-order valence-corrected chi connectivity index (χ2v) is 2.77. The van der Waals surface area contributed by atoms with Crippen molar-refractivity contribution < 1.29 is 0 Å². The topological polar surface area (TPSA) is 92.5 Å². The summed E-state index contributed by atoms with van der Waals surface area (Å²) in [7, 11) is 0. The SMILES string of the molecule is Nc1ncc(CNc2cnc[nH]2)cn1. The summed E-state index contributed by atoms with van der Waals surface area (Å²) in [5, 5.41) is 3.12. The van der Waals surface area contributed by atoms with Crippen LogP contribution in [-0.4, -0.2) is 19.9 Å². The number of rotatable bonds is 3. The zero-order valence-corrected chi connectivity index (χ0v) is 7.44. The molecule has 0 radical (unpaired) electrons. The van der Waals surface area contributed by atoms with Crippen molar-refractivity contribution in [3.8, 4) is 0 Å². The zero-order chi connectivity index (χ0) is 9.80. The van der Waals surface area contributed by atoms with Crippen molar-refractivity contribution in [3.63, 3.8) is 0 Å². The molecule has 0 amide bonds. The number of nitrogens with one attached hydrogen (secondary N) is 2. The summed E-state index contributed by atoms with van der Waals surface area (Å²) in [6, 6.07) is 0. The van der Waals surface area contributed by atoms with E-state index in [4.69, 9.17) is 5.73 Å². The summed E-state index contributed by atoms with van der Waals surface area (Å²) < 4.78 is 0. The van der Waals surface area contributed by atoms with E-state index in [-0.39, 0.29) is 5.95 Å². The number of nitrogen functional groups attached to an aromatic ring is 1. The summed E-state index contributed by atoms with van der Waals surface area (Å²) in [5.74, 6) is 1.15. The molecule has 2 aromatic heterocycles. The summed E-state index contributed by atoms with van der Waals surface area (Å²) >= 11 is 0. The van der Waals surface area contributed by atoms with E-state index in [1.807, 2.05) is 0 Å². The van der Waals surface area contributed by atoms with E-state index in [1.165, 1.54) is 0 Å². The molecule has 0 aromatic carbocycles. The number of aromatic nitrogens is 4. The highest BCUT2D eigenvalue weighted by Crippen LogP contribution is 2.02. The Labute approximate surface area is 80.6 Å². The fourth-order valence-corrected chi connectivity index (χ4v) is 1.01. The van der Waals surface area contributed by atoms with Gasteiger partial charge in [-0.05, 0) is 0 Å². The van der Waals surface area contributed by atoms with E-state index in [2.05, 4.69) is 25.3 Å². The van der Waals surface area contributed by atoms with E-state index in [1.54, 1.807) is 24.9 Å². The van der Waals surface area contributed by atoms with Gasteiger partial charge in [-0.2, -0.15) is 0 Å². The monoisotopic (exact) mass is 190 g/mol. The lowest BCUT2D eigenvalue weighted by Crippen LogP contribution is -2.02. The maximum Gasteiger partial charge on any atom is 0.219 e. The maximum atomic E-state index is 5.36. The fourth-order valence-electron chi connectivity index (χ4n) is 1.01. The highest BCUT2D eigenvalue weighted by atomic mass is 15.0. The largest absolute Gasteiger partial charge is 0.368 e. The van der Waals surface area contributed by atoms with Crippen LogP contribution in [0, 0.1) is 0 Å². The Kier molecular flexibility index (Phi) is 2.26. The molecule has 2 aromatic rings. The van der Waals surface area contributed by atoms with Gasteiger partial charge in [0.1, 0.15) is 5.82 Å². The van der Waals surface area contributed by atoms with Crippen molar-refractivity contribution in [1.29, 1.82) is 0 Å². The standard InChI is InChI=1S/C8H10N6/c9-8-12-2-6(3-13-8)1-11-7-4-10-5-14-7/h2-5,11H,1H2,(H,10,14)(H2,9,12,13). The van der Waals surface area contributed by atoms with Gasteiger partial charge in [0.2, 0.25) is 5.95 Å². The third-order valence-corrected chi connectivity index (χ3v) is 1.71. The first-order chi connectivity index (χ1) is 6.84. The molecule has 0 aliphatic heterocycles. The highest BCUT2D eigenvalue weighted by Gasteiger charge is 1.95. The van der Waals surface area contributed by atoms with Crippen molar-refractivity contribution in [2.45, 2.75) is 6.54 Å². The second-order valence-electron chi connectivity index (χ2n) is 2.77. The number of imidazole rings is 1. The quantitative estimate of drug-likeness (QED) is 0.651. The number of anilines is 2. The van der Waals surface area contributed by atoms with Crippen LogP contribution >= 0.6 is 0 Å². The van der Waals surface area contributed by atoms with Crippen molar-refractivity contribution in [1.82, 2.24) is 19.9 Å². The Hall–Kier alpha value is -2.11. The van der Waals surface area contributed by atoms with Crippen molar-refractivity contribution in [3.05, 3.63) is 30.5 Å². The van der Waals surface area contributed by atoms with Gasteiger partial charge in [-0.3, -0.25) is 0 Å². The predicted molar refractivity (Wildman–Crippen MR) is 52.4 cm³/mol. The summed E-state index contributed by atoms with van der Waals surface area (Å²) in [6.45, 7) is 0.641. The molecule has 0 saturated carbocycles. The van der Waals surface area contributed by atoms with Crippen LogP contribution in [0.1, 0.15) is 5.56 Å². The van der Waals surface area contributed by atoms with Crippen LogP contribution in [0.4, 0.5) is 11.8 Å². The Morgan fingerprint density at radius 3 is 2.71 bits per heavy atom. The Balaban J connectivity index is 1.95. The molecular weight excluding hydrogens is 180 g/mol. The van der Waals surface area contributed by atoms with Gasteiger partial charge in [-0.1, -0.05) is 0 Å². The number of hydrogen-bond acceptors (Lipinski definition) is 5. The molecule has 4 N–H and O–H groups in total. The average Bonchev–Trinajstić information content (AvgIpc) is 2.70. The smallest absolute Gasteiger partial charge is 0.219 e. The Bertz CT molecular complexity index is 379. The van der Waals surface area contributed by atoms with Gasteiger partial charge in [0.05, 0.1) is 12.5 Å². The lowest BCUT2D eigenvalue weighted by Gasteiger charge is -2.02. The van der Waals surface area contributed by atoms with Crippen LogP contribution in [0.25, 0.3) is 0 Å². The van der Waals surface area contributed by atoms with E-state index in [0.717, 1.165) is 11.4 Å². The molecule has 14 heavy (non-hydrogen) atoms. The molecular formula is C8H10N6. The summed E-state index contributed by atoms with van der Waals surface area (Å²) in [4.78, 5) is 14.6. The molecule has 0 fully saturated rings. The summed E-state index contributed by atoms with van der Waals surface area (Å²) in [5.41, 5.74) is 6.33. The average molecular weight is 190 g/mol. The van der Waals surface area contributed by atoms with E-state index in [9.17, 15) is 0 Å². The van der Waals surface area contributed by atoms with Crippen LogP contribution in [0.15, 0.2) is 24.9 Å². The first-order valence-electron chi connectivity index (χ1n) is 4.13. The number of hydrogen-bond donors (Lipinski definition) is 3. The highest BCUT2D eigenvalue weighted by molar-refractivity contribution is 5.31. The van der Waals surface area contributed by atoms with Crippen molar-refractivity contribution >= 4 is 11.8 Å². The van der Waals surface area contributed by atoms with Gasteiger partial charge in [-0.15, -0.1) is 0 Å². The number of nitrogens with zero attached hydrogens (tertiary/aromatic N) is 3. The van der Waals surface area contributed by atoms with Gasteiger partial charge >= 0.3 is 0 Å². The molecule has 6 heteroatoms. The maximum absolute atomic E-state index is 5.36. The van der Waals surface area contributed by atoms with Crippen LogP contribution < -0.4 is 11.1 Å². The first kappa shape index (κ1) is 8.49. The minimum absolute atomic E-state index is 0.287. The zero-order valence-electron chi connectivity index (χ0n) is 7.44. The third-order valence-electron chi connectivity index (χ3n) is 1.71. The Morgan fingerprint density at radius 2 is 2.07 bits per heavy atom. The van der Waals surface area contributed by atoms with Gasteiger partial charge in [-0.25, -0.2) is 15.0 Å². The normalized spacial score (nSPS) is 10.0. The van der Waals surface area contributed by atoms with Gasteiger partial charge in [0, 0.05) is 24.5 Å². The summed E-state index contributed by atoms with van der Waals surface area (Å²) in [6.07, 6.45) is 6.69. The molecule has 0 saturated heterocycles. The van der Waals surface area contributed by atoms with Gasteiger partial charge < -0.3 is 16.0 Å². The van der Waals surface area contributed by atoms with Crippen molar-refractivity contribution in [2.24, 2.45) is 0 Å². The predicted octanol–water partition coefficient (Wildman–Crippen LogP) is 0.394. The minimum Gasteiger partial charge on any atom is -0.368 e. The molecule has 2 rings (SSSR count). The van der Waals surface area contributed by atoms with E-state index in [0.29, 0.717) is 6.54 Å². The van der Waals surface area contributed by atoms with E-state index >= 15 is 0 Å². The first-order valence-corrected chi connectivity index (χ1v) is 4.13. The molecule has 0 atom stereocenters. The van der Waals surface area contributed by atoms with Crippen LogP contribution in [0.5, 0.6) is 0 Å². The second kappa shape index (κ2) is 3.73. The lowest BCUT2D eigenvalue weighted by atomic mass is 10.3. The molecule has 6 nitrogen and oxygen atoms in total. The molecule has 0 aliphatic rings. The third kappa shape index (κ3) is 1.98. The lowest BCUT2D eigenvalue weighted by molar-refractivity contribution is 1.05. The fraction of sp³-hybridized carbons (Fsp3) is 0.125. The number of nitrogens with two attached hydrogens (primary N) is 1. The number of aromatic amines is 1. The van der Waals surface area contributed by atoms with E-state index < -0.39 is 0 Å². The molecule has 0 unspecified atom stereocenters. The molecule has 0 bridgehead atoms. The molecule has 72 valence electrons. The van der Waals surface area contributed by atoms with Crippen LogP contribution in [0.2, 0.25) is 0 Å². The van der Waals surface area contributed by atoms with Gasteiger partial charge in [0.25, 0.3) is 0 Å². The van der Waals surface area contributed by atoms with Crippen LogP contribution in [-0.2, 0) is 6.54 Å². The van der Waals surface area contributed by atoms with Crippen molar-refractivity contribution in [2.75, 3.05) is 11.1 Å². The van der Waals surface area contributed by atoms with Crippen LogP contribution in [0.3, 0.4) is 0 Å². The molecule has 2 heterocycles. The Morgan fingerprint density at radius 1 is 1.29 bits per heavy atom. The minimum atomic E-state index is 0.287. The molecule has 0 spiro atoms. The van der Waals surface area contributed by atoms with Gasteiger partial charge in [0.15, 0.2) is 0 Å². The number of H-pyrrole nitrogens is 1.